The minimum absolute atomic E-state index is 0.657. The molecule has 19 heavy (non-hydrogen) atoms. The van der Waals surface area contributed by atoms with Crippen LogP contribution in [0.3, 0.4) is 0 Å². The van der Waals surface area contributed by atoms with Gasteiger partial charge in [0.2, 0.25) is 5.89 Å². The van der Waals surface area contributed by atoms with Crippen LogP contribution in [0.1, 0.15) is 29.2 Å². The lowest BCUT2D eigenvalue weighted by Gasteiger charge is -2.24. The van der Waals surface area contributed by atoms with Crippen LogP contribution in [0.5, 0.6) is 0 Å². The van der Waals surface area contributed by atoms with Crippen LogP contribution in [-0.4, -0.2) is 22.8 Å². The zero-order valence-corrected chi connectivity index (χ0v) is 11.4. The van der Waals surface area contributed by atoms with Gasteiger partial charge >= 0.3 is 6.01 Å². The number of fused-ring (bicyclic) bond motifs is 1. The number of hydrogen-bond donors (Lipinski definition) is 1. The third-order valence-corrected chi connectivity index (χ3v) is 4.68. The molecular weight excluding hydrogens is 260 g/mol. The van der Waals surface area contributed by atoms with Crippen molar-refractivity contribution in [3.63, 3.8) is 0 Å². The van der Waals surface area contributed by atoms with Gasteiger partial charge in [-0.2, -0.15) is 0 Å². The predicted octanol–water partition coefficient (Wildman–Crippen LogP) is 1.95. The van der Waals surface area contributed by atoms with Gasteiger partial charge < -0.3 is 14.6 Å². The van der Waals surface area contributed by atoms with Crippen molar-refractivity contribution >= 4 is 17.4 Å². The van der Waals surface area contributed by atoms with E-state index in [2.05, 4.69) is 31.9 Å². The first-order valence-corrected chi connectivity index (χ1v) is 7.62. The Labute approximate surface area is 115 Å². The van der Waals surface area contributed by atoms with Crippen LogP contribution in [0.4, 0.5) is 6.01 Å². The molecule has 2 aromatic rings. The number of rotatable bonds is 4. The molecule has 1 saturated carbocycles. The fourth-order valence-electron chi connectivity index (χ4n) is 2.37. The van der Waals surface area contributed by atoms with E-state index in [1.807, 2.05) is 11.3 Å². The molecule has 0 atom stereocenters. The zero-order valence-electron chi connectivity index (χ0n) is 10.6. The maximum Gasteiger partial charge on any atom is 0.318 e. The quantitative estimate of drug-likeness (QED) is 0.925. The van der Waals surface area contributed by atoms with Gasteiger partial charge in [-0.25, -0.2) is 0 Å². The normalized spacial score (nSPS) is 18.6. The van der Waals surface area contributed by atoms with Crippen molar-refractivity contribution in [1.29, 1.82) is 0 Å². The molecule has 0 unspecified atom stereocenters. The molecule has 0 bridgehead atoms. The molecule has 0 saturated heterocycles. The lowest BCUT2D eigenvalue weighted by Crippen LogP contribution is -2.29. The van der Waals surface area contributed by atoms with Crippen LogP contribution in [0, 0.1) is 0 Å². The molecule has 1 aliphatic heterocycles. The van der Waals surface area contributed by atoms with Gasteiger partial charge in [0.05, 0.1) is 6.54 Å². The van der Waals surface area contributed by atoms with E-state index >= 15 is 0 Å². The molecule has 0 aromatic carbocycles. The van der Waals surface area contributed by atoms with E-state index in [0.29, 0.717) is 24.5 Å². The first-order chi connectivity index (χ1) is 9.38. The predicted molar refractivity (Wildman–Crippen MR) is 73.2 cm³/mol. The Morgan fingerprint density at radius 3 is 3.26 bits per heavy atom. The Morgan fingerprint density at radius 1 is 1.42 bits per heavy atom. The summed E-state index contributed by atoms with van der Waals surface area (Å²) in [6, 6.07) is 3.51. The fourth-order valence-corrected chi connectivity index (χ4v) is 3.26. The maximum absolute atomic E-state index is 5.74. The topological polar surface area (TPSA) is 54.2 Å². The molecule has 3 heterocycles. The van der Waals surface area contributed by atoms with Crippen molar-refractivity contribution in [3.05, 3.63) is 27.8 Å². The Balaban J connectivity index is 1.44. The van der Waals surface area contributed by atoms with Crippen LogP contribution in [0.25, 0.3) is 0 Å². The first kappa shape index (κ1) is 11.4. The molecule has 5 nitrogen and oxygen atoms in total. The summed E-state index contributed by atoms with van der Waals surface area (Å²) < 4.78 is 5.74. The zero-order chi connectivity index (χ0) is 12.7. The average Bonchev–Trinajstić information content (AvgIpc) is 2.96. The molecule has 2 aliphatic rings. The summed E-state index contributed by atoms with van der Waals surface area (Å²) >= 11 is 1.84. The highest BCUT2D eigenvalue weighted by atomic mass is 32.1. The smallest absolute Gasteiger partial charge is 0.318 e. The molecule has 100 valence electrons. The van der Waals surface area contributed by atoms with E-state index < -0.39 is 0 Å². The van der Waals surface area contributed by atoms with Gasteiger partial charge in [0.1, 0.15) is 0 Å². The average molecular weight is 276 g/mol. The molecule has 0 spiro atoms. The van der Waals surface area contributed by atoms with Gasteiger partial charge in [0.25, 0.3) is 0 Å². The SMILES string of the molecule is c1cc2c(s1)CCN(c1nnc(CNC3CC3)o1)C2. The summed E-state index contributed by atoms with van der Waals surface area (Å²) in [5, 5.41) is 13.8. The summed E-state index contributed by atoms with van der Waals surface area (Å²) in [6.07, 6.45) is 3.62. The fraction of sp³-hybridized carbons (Fsp3) is 0.538. The van der Waals surface area contributed by atoms with Crippen molar-refractivity contribution in [1.82, 2.24) is 15.5 Å². The van der Waals surface area contributed by atoms with Crippen LogP contribution in [-0.2, 0) is 19.5 Å². The Morgan fingerprint density at radius 2 is 2.37 bits per heavy atom. The molecule has 0 radical (unpaired) electrons. The molecule has 6 heteroatoms. The van der Waals surface area contributed by atoms with E-state index in [1.165, 1.54) is 23.3 Å². The summed E-state index contributed by atoms with van der Waals surface area (Å²) in [4.78, 5) is 3.66. The van der Waals surface area contributed by atoms with E-state index in [0.717, 1.165) is 19.5 Å². The van der Waals surface area contributed by atoms with Crippen LogP contribution >= 0.6 is 11.3 Å². The van der Waals surface area contributed by atoms with Crippen molar-refractivity contribution in [2.24, 2.45) is 0 Å². The van der Waals surface area contributed by atoms with Gasteiger partial charge in [0, 0.05) is 24.0 Å². The van der Waals surface area contributed by atoms with E-state index in [-0.39, 0.29) is 0 Å². The molecule has 0 amide bonds. The molecule has 1 N–H and O–H groups in total. The maximum atomic E-state index is 5.74. The van der Waals surface area contributed by atoms with Crippen molar-refractivity contribution in [2.45, 2.75) is 38.4 Å². The number of anilines is 1. The second-order valence-corrected chi connectivity index (χ2v) is 6.17. The summed E-state index contributed by atoms with van der Waals surface area (Å²) in [5.74, 6) is 0.693. The Bertz CT molecular complexity index is 575. The molecular formula is C13H16N4OS. The van der Waals surface area contributed by atoms with E-state index in [1.54, 1.807) is 0 Å². The standard InChI is InChI=1S/C13H16N4OS/c1-2-10(1)14-7-12-15-16-13(18-12)17-5-3-11-9(8-17)4-6-19-11/h4,6,10,14H,1-3,5,7-8H2. The Hall–Kier alpha value is -1.40. The molecule has 1 aliphatic carbocycles. The van der Waals surface area contributed by atoms with Gasteiger partial charge in [-0.3, -0.25) is 0 Å². The number of aromatic nitrogens is 2. The molecule has 2 aromatic heterocycles. The van der Waals surface area contributed by atoms with E-state index in [4.69, 9.17) is 4.42 Å². The van der Waals surface area contributed by atoms with Gasteiger partial charge in [0.15, 0.2) is 0 Å². The lowest BCUT2D eigenvalue weighted by atomic mass is 10.1. The van der Waals surface area contributed by atoms with Crippen LogP contribution in [0.15, 0.2) is 15.9 Å². The number of nitrogens with one attached hydrogen (secondary N) is 1. The summed E-state index contributed by atoms with van der Waals surface area (Å²) in [6.45, 7) is 2.54. The van der Waals surface area contributed by atoms with Crippen molar-refractivity contribution < 1.29 is 4.42 Å². The summed E-state index contributed by atoms with van der Waals surface area (Å²) in [7, 11) is 0. The minimum Gasteiger partial charge on any atom is -0.407 e. The highest BCUT2D eigenvalue weighted by Crippen LogP contribution is 2.27. The third kappa shape index (κ3) is 2.37. The second kappa shape index (κ2) is 4.61. The van der Waals surface area contributed by atoms with Crippen molar-refractivity contribution in [2.75, 3.05) is 11.4 Å². The van der Waals surface area contributed by atoms with Gasteiger partial charge in [-0.05, 0) is 36.3 Å². The van der Waals surface area contributed by atoms with Gasteiger partial charge in [-0.1, -0.05) is 5.10 Å². The van der Waals surface area contributed by atoms with Gasteiger partial charge in [-0.15, -0.1) is 16.4 Å². The molecule has 4 rings (SSSR count). The van der Waals surface area contributed by atoms with Crippen LogP contribution in [0.2, 0.25) is 0 Å². The minimum atomic E-state index is 0.657. The first-order valence-electron chi connectivity index (χ1n) is 6.74. The van der Waals surface area contributed by atoms with E-state index in [9.17, 15) is 0 Å². The number of nitrogens with zero attached hydrogens (tertiary/aromatic N) is 3. The number of hydrogen-bond acceptors (Lipinski definition) is 6. The monoisotopic (exact) mass is 276 g/mol. The second-order valence-electron chi connectivity index (χ2n) is 5.17. The highest BCUT2D eigenvalue weighted by Gasteiger charge is 2.23. The third-order valence-electron chi connectivity index (χ3n) is 3.65. The summed E-state index contributed by atoms with van der Waals surface area (Å²) in [5.41, 5.74) is 1.40. The largest absolute Gasteiger partial charge is 0.407 e. The number of thiophene rings is 1. The Kier molecular flexibility index (Phi) is 2.77. The molecule has 1 fully saturated rings. The lowest BCUT2D eigenvalue weighted by molar-refractivity contribution is 0.456. The van der Waals surface area contributed by atoms with Crippen LogP contribution < -0.4 is 10.2 Å². The van der Waals surface area contributed by atoms with Crippen molar-refractivity contribution in [3.8, 4) is 0 Å². The highest BCUT2D eigenvalue weighted by molar-refractivity contribution is 7.10.